The largest absolute Gasteiger partial charge is 0.236 e. The number of rotatable bonds is 12. The lowest BCUT2D eigenvalue weighted by molar-refractivity contribution is 0.249. The van der Waals surface area contributed by atoms with Gasteiger partial charge in [0, 0.05) is 18.0 Å². The maximum absolute atomic E-state index is 6.55. The third-order valence-electron chi connectivity index (χ3n) is 7.07. The topological polar surface area (TPSA) is 25.8 Å². The Kier molecular flexibility index (Phi) is 10.3. The van der Waals surface area contributed by atoms with Gasteiger partial charge < -0.3 is 0 Å². The quantitative estimate of drug-likeness (QED) is 0.308. The first-order valence-corrected chi connectivity index (χ1v) is 13.2. The van der Waals surface area contributed by atoms with Crippen LogP contribution in [0.5, 0.6) is 0 Å². The molecule has 0 amide bonds. The number of halogens is 1. The van der Waals surface area contributed by atoms with Crippen LogP contribution in [0.2, 0.25) is 5.02 Å². The minimum atomic E-state index is 0.737. The number of aromatic nitrogens is 2. The average molecular weight is 441 g/mol. The fourth-order valence-electron chi connectivity index (χ4n) is 4.96. The third kappa shape index (κ3) is 7.90. The molecule has 1 saturated carbocycles. The lowest BCUT2D eigenvalue weighted by Crippen LogP contribution is -2.15. The average Bonchev–Trinajstić information content (AvgIpc) is 2.79. The van der Waals surface area contributed by atoms with Crippen molar-refractivity contribution in [3.05, 3.63) is 46.7 Å². The molecule has 2 aromatic rings. The third-order valence-corrected chi connectivity index (χ3v) is 7.38. The normalized spacial score (nSPS) is 18.9. The molecule has 0 aliphatic heterocycles. The molecular weight excluding hydrogens is 400 g/mol. The van der Waals surface area contributed by atoms with Gasteiger partial charge in [-0.05, 0) is 60.8 Å². The van der Waals surface area contributed by atoms with Crippen molar-refractivity contribution in [2.75, 3.05) is 0 Å². The van der Waals surface area contributed by atoms with E-state index in [1.54, 1.807) is 0 Å². The first-order chi connectivity index (χ1) is 15.2. The van der Waals surface area contributed by atoms with E-state index in [0.29, 0.717) is 0 Å². The van der Waals surface area contributed by atoms with Crippen molar-refractivity contribution in [1.29, 1.82) is 0 Å². The predicted molar refractivity (Wildman–Crippen MR) is 134 cm³/mol. The molecule has 0 radical (unpaired) electrons. The standard InChI is InChI=1S/C28H41ClN2/c1-3-5-7-9-22-11-13-23(14-12-22)15-16-25-20-30-28(31-21-25)26-18-17-24(19-27(26)29)10-8-6-4-2/h17-23H,3-16H2,1-2H3. The van der Waals surface area contributed by atoms with Crippen molar-refractivity contribution in [3.63, 3.8) is 0 Å². The lowest BCUT2D eigenvalue weighted by atomic mass is 9.78. The van der Waals surface area contributed by atoms with E-state index in [4.69, 9.17) is 11.6 Å². The molecule has 1 heterocycles. The first kappa shape index (κ1) is 24.2. The molecule has 1 aliphatic carbocycles. The lowest BCUT2D eigenvalue weighted by Gasteiger charge is -2.28. The Morgan fingerprint density at radius 3 is 2.06 bits per heavy atom. The van der Waals surface area contributed by atoms with Gasteiger partial charge in [-0.1, -0.05) is 95.7 Å². The molecule has 1 fully saturated rings. The van der Waals surface area contributed by atoms with Gasteiger partial charge in [-0.15, -0.1) is 0 Å². The van der Waals surface area contributed by atoms with E-state index >= 15 is 0 Å². The Labute approximate surface area is 195 Å². The molecule has 0 saturated heterocycles. The van der Waals surface area contributed by atoms with Crippen LogP contribution in [0.4, 0.5) is 0 Å². The number of aryl methyl sites for hydroxylation is 2. The number of hydrogen-bond acceptors (Lipinski definition) is 2. The smallest absolute Gasteiger partial charge is 0.160 e. The molecule has 0 N–H and O–H groups in total. The van der Waals surface area contributed by atoms with Crippen LogP contribution in [0, 0.1) is 11.8 Å². The number of unbranched alkanes of at least 4 members (excludes halogenated alkanes) is 4. The van der Waals surface area contributed by atoms with Gasteiger partial charge in [0.1, 0.15) is 0 Å². The van der Waals surface area contributed by atoms with E-state index in [1.807, 2.05) is 12.4 Å². The van der Waals surface area contributed by atoms with Crippen LogP contribution in [0.15, 0.2) is 30.6 Å². The Morgan fingerprint density at radius 2 is 1.42 bits per heavy atom. The molecular formula is C28H41ClN2. The van der Waals surface area contributed by atoms with E-state index in [1.165, 1.54) is 88.2 Å². The van der Waals surface area contributed by atoms with Crippen LogP contribution < -0.4 is 0 Å². The van der Waals surface area contributed by atoms with Gasteiger partial charge in [0.05, 0.1) is 5.02 Å². The van der Waals surface area contributed by atoms with Crippen molar-refractivity contribution < 1.29 is 0 Å². The van der Waals surface area contributed by atoms with Gasteiger partial charge in [0.25, 0.3) is 0 Å². The molecule has 1 aliphatic rings. The van der Waals surface area contributed by atoms with Gasteiger partial charge in [0.15, 0.2) is 5.82 Å². The van der Waals surface area contributed by atoms with Crippen LogP contribution >= 0.6 is 11.6 Å². The second-order valence-corrected chi connectivity index (χ2v) is 10.0. The summed E-state index contributed by atoms with van der Waals surface area (Å²) in [5, 5.41) is 0.762. The molecule has 3 rings (SSSR count). The Balaban J connectivity index is 1.45. The first-order valence-electron chi connectivity index (χ1n) is 12.8. The van der Waals surface area contributed by atoms with Crippen LogP contribution in [-0.2, 0) is 12.8 Å². The zero-order valence-corrected chi connectivity index (χ0v) is 20.5. The van der Waals surface area contributed by atoms with Crippen LogP contribution in [0.3, 0.4) is 0 Å². The Bertz CT molecular complexity index is 763. The van der Waals surface area contributed by atoms with Crippen LogP contribution in [0.25, 0.3) is 11.4 Å². The second-order valence-electron chi connectivity index (χ2n) is 9.61. The highest BCUT2D eigenvalue weighted by molar-refractivity contribution is 6.33. The molecule has 170 valence electrons. The van der Waals surface area contributed by atoms with Gasteiger partial charge >= 0.3 is 0 Å². The summed E-state index contributed by atoms with van der Waals surface area (Å²) in [7, 11) is 0. The highest BCUT2D eigenvalue weighted by atomic mass is 35.5. The van der Waals surface area contributed by atoms with E-state index in [-0.39, 0.29) is 0 Å². The van der Waals surface area contributed by atoms with E-state index < -0.39 is 0 Å². The fourth-order valence-corrected chi connectivity index (χ4v) is 5.25. The maximum atomic E-state index is 6.55. The summed E-state index contributed by atoms with van der Waals surface area (Å²) in [6.07, 6.45) is 22.5. The number of benzene rings is 1. The van der Waals surface area contributed by atoms with E-state index in [0.717, 1.165) is 41.1 Å². The van der Waals surface area contributed by atoms with Gasteiger partial charge in [-0.3, -0.25) is 0 Å². The molecule has 1 aromatic heterocycles. The summed E-state index contributed by atoms with van der Waals surface area (Å²) in [6, 6.07) is 6.34. The Hall–Kier alpha value is -1.41. The van der Waals surface area contributed by atoms with E-state index in [2.05, 4.69) is 42.0 Å². The molecule has 0 bridgehead atoms. The SMILES string of the molecule is CCCCCc1ccc(-c2ncc(CCC3CCC(CCCCC)CC3)cn2)c(Cl)c1. The van der Waals surface area contributed by atoms with Crippen molar-refractivity contribution >= 4 is 11.6 Å². The predicted octanol–water partition coefficient (Wildman–Crippen LogP) is 8.85. The highest BCUT2D eigenvalue weighted by Crippen LogP contribution is 2.34. The summed E-state index contributed by atoms with van der Waals surface area (Å²) in [4.78, 5) is 9.27. The minimum absolute atomic E-state index is 0.737. The summed E-state index contributed by atoms with van der Waals surface area (Å²) in [6.45, 7) is 4.53. The van der Waals surface area contributed by atoms with Crippen molar-refractivity contribution in [2.24, 2.45) is 11.8 Å². The summed E-state index contributed by atoms with van der Waals surface area (Å²) >= 11 is 6.55. The van der Waals surface area contributed by atoms with Crippen molar-refractivity contribution in [1.82, 2.24) is 9.97 Å². The summed E-state index contributed by atoms with van der Waals surface area (Å²) in [5.74, 6) is 2.62. The van der Waals surface area contributed by atoms with Gasteiger partial charge in [-0.25, -0.2) is 9.97 Å². The molecule has 0 atom stereocenters. The molecule has 31 heavy (non-hydrogen) atoms. The summed E-state index contributed by atoms with van der Waals surface area (Å²) in [5.41, 5.74) is 3.49. The van der Waals surface area contributed by atoms with E-state index in [9.17, 15) is 0 Å². The monoisotopic (exact) mass is 440 g/mol. The van der Waals surface area contributed by atoms with Crippen molar-refractivity contribution in [2.45, 2.75) is 104 Å². The number of hydrogen-bond donors (Lipinski definition) is 0. The zero-order chi connectivity index (χ0) is 21.9. The second kappa shape index (κ2) is 13.2. The Morgan fingerprint density at radius 1 is 0.774 bits per heavy atom. The van der Waals surface area contributed by atoms with Crippen LogP contribution in [-0.4, -0.2) is 9.97 Å². The molecule has 0 unspecified atom stereocenters. The van der Waals surface area contributed by atoms with Gasteiger partial charge in [-0.2, -0.15) is 0 Å². The van der Waals surface area contributed by atoms with Crippen molar-refractivity contribution in [3.8, 4) is 11.4 Å². The number of nitrogens with zero attached hydrogens (tertiary/aromatic N) is 2. The fraction of sp³-hybridized carbons (Fsp3) is 0.643. The highest BCUT2D eigenvalue weighted by Gasteiger charge is 2.20. The molecule has 3 heteroatoms. The molecule has 2 nitrogen and oxygen atoms in total. The zero-order valence-electron chi connectivity index (χ0n) is 19.7. The minimum Gasteiger partial charge on any atom is -0.236 e. The molecule has 1 aromatic carbocycles. The maximum Gasteiger partial charge on any atom is 0.160 e. The summed E-state index contributed by atoms with van der Waals surface area (Å²) < 4.78 is 0. The molecule has 0 spiro atoms. The van der Waals surface area contributed by atoms with Crippen LogP contribution in [0.1, 0.15) is 102 Å². The van der Waals surface area contributed by atoms with Gasteiger partial charge in [0.2, 0.25) is 0 Å².